The third-order valence-corrected chi connectivity index (χ3v) is 6.95. The minimum atomic E-state index is 0.0591. The summed E-state index contributed by atoms with van der Waals surface area (Å²) in [6, 6.07) is 0. The van der Waals surface area contributed by atoms with E-state index in [9.17, 15) is 0 Å². The first-order valence-electron chi connectivity index (χ1n) is 15.3. The van der Waals surface area contributed by atoms with Gasteiger partial charge in [-0.15, -0.1) is 0 Å². The summed E-state index contributed by atoms with van der Waals surface area (Å²) in [5, 5.41) is 17.8. The molecule has 0 saturated heterocycles. The van der Waals surface area contributed by atoms with E-state index in [1.807, 2.05) is 0 Å². The highest BCUT2D eigenvalue weighted by atomic mass is 16.5. The van der Waals surface area contributed by atoms with Gasteiger partial charge in [-0.2, -0.15) is 0 Å². The molecule has 0 aliphatic carbocycles. The van der Waals surface area contributed by atoms with Gasteiger partial charge in [0.05, 0.1) is 52.0 Å². The van der Waals surface area contributed by atoms with Crippen molar-refractivity contribution in [2.75, 3.05) is 78.9 Å². The molecule has 0 bridgehead atoms. The van der Waals surface area contributed by atoms with Gasteiger partial charge >= 0.3 is 0 Å². The van der Waals surface area contributed by atoms with Crippen LogP contribution in [-0.2, 0) is 9.47 Å². The Labute approximate surface area is 228 Å². The van der Waals surface area contributed by atoms with Crippen LogP contribution in [0.3, 0.4) is 0 Å². The van der Waals surface area contributed by atoms with Gasteiger partial charge in [0.25, 0.3) is 0 Å². The minimum absolute atomic E-state index is 0.0591. The molecule has 1 heterocycles. The van der Waals surface area contributed by atoms with Crippen LogP contribution in [0.5, 0.6) is 0 Å². The van der Waals surface area contributed by atoms with Crippen molar-refractivity contribution in [3.8, 4) is 0 Å². The van der Waals surface area contributed by atoms with Crippen LogP contribution in [0.15, 0.2) is 17.1 Å². The number of allylic oxidation sites excluding steroid dienone is 2. The van der Waals surface area contributed by atoms with Crippen LogP contribution in [0, 0.1) is 0 Å². The first-order valence-corrected chi connectivity index (χ1v) is 15.3. The maximum absolute atomic E-state index is 8.91. The van der Waals surface area contributed by atoms with Crippen LogP contribution in [0.2, 0.25) is 0 Å². The summed E-state index contributed by atoms with van der Waals surface area (Å²) in [5.41, 5.74) is 0. The van der Waals surface area contributed by atoms with E-state index in [4.69, 9.17) is 24.7 Å². The summed E-state index contributed by atoms with van der Waals surface area (Å²) in [7, 11) is 0. The van der Waals surface area contributed by atoms with Gasteiger partial charge in [0.15, 0.2) is 0 Å². The average molecular weight is 526 g/mol. The molecule has 0 unspecified atom stereocenters. The van der Waals surface area contributed by atoms with Crippen LogP contribution in [-0.4, -0.2) is 105 Å². The lowest BCUT2D eigenvalue weighted by molar-refractivity contribution is 0.0496. The molecular formula is C30H59N3O4. The van der Waals surface area contributed by atoms with Gasteiger partial charge in [0, 0.05) is 39.1 Å². The van der Waals surface area contributed by atoms with Gasteiger partial charge < -0.3 is 24.6 Å². The molecule has 1 aliphatic rings. The van der Waals surface area contributed by atoms with Gasteiger partial charge in [-0.05, 0) is 32.1 Å². The monoisotopic (exact) mass is 525 g/mol. The first kappa shape index (κ1) is 34.0. The van der Waals surface area contributed by atoms with Crippen LogP contribution in [0.4, 0.5) is 0 Å². The van der Waals surface area contributed by atoms with E-state index in [0.717, 1.165) is 45.7 Å². The summed E-state index contributed by atoms with van der Waals surface area (Å²) in [6.45, 7) is 9.87. The standard InChI is InChI=1S/C30H59N3O4/c1-2-3-4-5-6-7-8-9-10-11-12-13-14-15-16-17-30-31-18-19-33(30)21-20-32(22-26-36-28-24-34)23-27-37-29-25-35/h9-10,34-35H,2-8,11-29H2,1H3/b10-9+. The number of aliphatic imine (C=N–C) groups is 1. The van der Waals surface area contributed by atoms with Crippen LogP contribution in [0.25, 0.3) is 0 Å². The highest BCUT2D eigenvalue weighted by Gasteiger charge is 2.17. The van der Waals surface area contributed by atoms with E-state index in [1.54, 1.807) is 0 Å². The molecule has 0 aromatic carbocycles. The van der Waals surface area contributed by atoms with Crippen LogP contribution < -0.4 is 0 Å². The van der Waals surface area contributed by atoms with E-state index in [2.05, 4.69) is 28.9 Å². The molecule has 0 aromatic rings. The summed E-state index contributed by atoms with van der Waals surface area (Å²) in [4.78, 5) is 9.57. The van der Waals surface area contributed by atoms with E-state index in [1.165, 1.54) is 89.3 Å². The van der Waals surface area contributed by atoms with Crippen molar-refractivity contribution in [3.63, 3.8) is 0 Å². The Morgan fingerprint density at radius 1 is 0.757 bits per heavy atom. The number of amidine groups is 1. The highest BCUT2D eigenvalue weighted by Crippen LogP contribution is 2.13. The Kier molecular flexibility index (Phi) is 24.5. The predicted molar refractivity (Wildman–Crippen MR) is 156 cm³/mol. The predicted octanol–water partition coefficient (Wildman–Crippen LogP) is 5.06. The van der Waals surface area contributed by atoms with Gasteiger partial charge in [-0.25, -0.2) is 0 Å². The van der Waals surface area contributed by atoms with Crippen molar-refractivity contribution in [1.29, 1.82) is 0 Å². The number of aliphatic hydroxyl groups is 2. The average Bonchev–Trinajstić information content (AvgIpc) is 3.36. The van der Waals surface area contributed by atoms with Gasteiger partial charge in [-0.1, -0.05) is 70.4 Å². The zero-order chi connectivity index (χ0) is 26.7. The van der Waals surface area contributed by atoms with Crippen molar-refractivity contribution in [2.45, 2.75) is 96.8 Å². The van der Waals surface area contributed by atoms with Crippen molar-refractivity contribution >= 4 is 5.84 Å². The number of unbranched alkanes of at least 4 members (excludes halogenated alkanes) is 11. The topological polar surface area (TPSA) is 77.8 Å². The fourth-order valence-corrected chi connectivity index (χ4v) is 4.68. The quantitative estimate of drug-likeness (QED) is 0.110. The molecule has 7 nitrogen and oxygen atoms in total. The van der Waals surface area contributed by atoms with Crippen LogP contribution in [0.1, 0.15) is 96.8 Å². The number of hydrogen-bond donors (Lipinski definition) is 2. The normalized spacial score (nSPS) is 13.9. The Hall–Kier alpha value is -0.990. The van der Waals surface area contributed by atoms with E-state index < -0.39 is 0 Å². The summed E-state index contributed by atoms with van der Waals surface area (Å²) in [6.07, 6.45) is 23.2. The molecule has 0 amide bonds. The lowest BCUT2D eigenvalue weighted by Gasteiger charge is -2.27. The largest absolute Gasteiger partial charge is 0.394 e. The zero-order valence-electron chi connectivity index (χ0n) is 24.1. The highest BCUT2D eigenvalue weighted by molar-refractivity contribution is 5.83. The molecule has 0 aromatic heterocycles. The van der Waals surface area contributed by atoms with Crippen molar-refractivity contribution < 1.29 is 19.7 Å². The molecule has 2 N–H and O–H groups in total. The molecule has 7 heteroatoms. The number of hydrogen-bond acceptors (Lipinski definition) is 7. The molecule has 1 rings (SSSR count). The second-order valence-corrected chi connectivity index (χ2v) is 10.1. The van der Waals surface area contributed by atoms with Crippen molar-refractivity contribution in [2.24, 2.45) is 4.99 Å². The second kappa shape index (κ2) is 26.6. The number of ether oxygens (including phenoxy) is 2. The molecule has 37 heavy (non-hydrogen) atoms. The van der Waals surface area contributed by atoms with Gasteiger partial charge in [0.2, 0.25) is 0 Å². The minimum Gasteiger partial charge on any atom is -0.394 e. The molecular weight excluding hydrogens is 466 g/mol. The van der Waals surface area contributed by atoms with Crippen molar-refractivity contribution in [1.82, 2.24) is 9.80 Å². The Balaban J connectivity index is 2.09. The summed E-state index contributed by atoms with van der Waals surface area (Å²) >= 11 is 0. The summed E-state index contributed by atoms with van der Waals surface area (Å²) < 4.78 is 10.9. The lowest BCUT2D eigenvalue weighted by Crippen LogP contribution is -2.40. The lowest BCUT2D eigenvalue weighted by atomic mass is 10.1. The van der Waals surface area contributed by atoms with Crippen LogP contribution >= 0.6 is 0 Å². The maximum atomic E-state index is 8.91. The molecule has 218 valence electrons. The molecule has 0 atom stereocenters. The first-order chi connectivity index (χ1) is 18.3. The van der Waals surface area contributed by atoms with Crippen molar-refractivity contribution in [3.05, 3.63) is 12.2 Å². The summed E-state index contributed by atoms with van der Waals surface area (Å²) in [5.74, 6) is 1.28. The second-order valence-electron chi connectivity index (χ2n) is 10.1. The molecule has 1 aliphatic heterocycles. The Morgan fingerprint density at radius 3 is 1.92 bits per heavy atom. The zero-order valence-corrected chi connectivity index (χ0v) is 24.1. The van der Waals surface area contributed by atoms with Gasteiger partial charge in [0.1, 0.15) is 0 Å². The van der Waals surface area contributed by atoms with E-state index >= 15 is 0 Å². The Morgan fingerprint density at radius 2 is 1.32 bits per heavy atom. The molecule has 0 fully saturated rings. The SMILES string of the molecule is CCCCCCCC/C=C/CCCCCCCC1=NCCN1CCN(CCOCCO)CCOCCO. The molecule has 0 spiro atoms. The molecule has 0 saturated carbocycles. The fraction of sp³-hybridized carbons (Fsp3) is 0.900. The number of nitrogens with zero attached hydrogens (tertiary/aromatic N) is 3. The number of aliphatic hydroxyl groups excluding tert-OH is 2. The fourth-order valence-electron chi connectivity index (χ4n) is 4.68. The third-order valence-electron chi connectivity index (χ3n) is 6.95. The van der Waals surface area contributed by atoms with E-state index in [0.29, 0.717) is 26.4 Å². The van der Waals surface area contributed by atoms with Gasteiger partial charge in [-0.3, -0.25) is 9.89 Å². The molecule has 0 radical (unpaired) electrons. The third kappa shape index (κ3) is 20.6. The maximum Gasteiger partial charge on any atom is 0.0990 e. The number of rotatable bonds is 28. The van der Waals surface area contributed by atoms with E-state index in [-0.39, 0.29) is 13.2 Å². The smallest absolute Gasteiger partial charge is 0.0990 e. The Bertz CT molecular complexity index is 533.